The van der Waals surface area contributed by atoms with E-state index >= 15 is 0 Å². The zero-order chi connectivity index (χ0) is 16.4. The van der Waals surface area contributed by atoms with Gasteiger partial charge < -0.3 is 4.74 Å². The predicted molar refractivity (Wildman–Crippen MR) is 93.7 cm³/mol. The first-order chi connectivity index (χ1) is 11.1. The third-order valence-corrected chi connectivity index (χ3v) is 4.85. The Morgan fingerprint density at radius 1 is 1.26 bits per heavy atom. The molecule has 0 aliphatic carbocycles. The average molecular weight is 314 g/mol. The second kappa shape index (κ2) is 6.75. The Morgan fingerprint density at radius 3 is 2.52 bits per heavy atom. The van der Waals surface area contributed by atoms with Crippen LogP contribution in [-0.4, -0.2) is 42.8 Å². The van der Waals surface area contributed by atoms with Crippen molar-refractivity contribution in [3.05, 3.63) is 35.9 Å². The standard InChI is InChI=1S/C19H26N2O2/c1-4-18-13-21(19(22)23-18)17-7-5-15(6-8-17)16-9-11-20(12-10-16)14(2)3/h5-9,14,18H,4,10-13H2,1-3H3. The van der Waals surface area contributed by atoms with Crippen LogP contribution < -0.4 is 4.90 Å². The van der Waals surface area contributed by atoms with Crippen LogP contribution >= 0.6 is 0 Å². The first-order valence-corrected chi connectivity index (χ1v) is 8.60. The molecular formula is C19H26N2O2. The normalized spacial score (nSPS) is 22.4. The van der Waals surface area contributed by atoms with Gasteiger partial charge in [0.25, 0.3) is 0 Å². The largest absolute Gasteiger partial charge is 0.444 e. The second-order valence-electron chi connectivity index (χ2n) is 6.64. The Balaban J connectivity index is 1.70. The molecule has 0 aromatic heterocycles. The molecule has 124 valence electrons. The number of amides is 1. The van der Waals surface area contributed by atoms with E-state index in [2.05, 4.69) is 37.0 Å². The Kier molecular flexibility index (Phi) is 4.71. The van der Waals surface area contributed by atoms with Crippen molar-refractivity contribution in [2.45, 2.75) is 45.8 Å². The van der Waals surface area contributed by atoms with Crippen LogP contribution in [0.25, 0.3) is 5.57 Å². The van der Waals surface area contributed by atoms with Gasteiger partial charge in [0.15, 0.2) is 0 Å². The van der Waals surface area contributed by atoms with Gasteiger partial charge in [0.1, 0.15) is 6.10 Å². The monoisotopic (exact) mass is 314 g/mol. The number of hydrogen-bond acceptors (Lipinski definition) is 3. The van der Waals surface area contributed by atoms with Crippen LogP contribution in [0, 0.1) is 0 Å². The molecular weight excluding hydrogens is 288 g/mol. The van der Waals surface area contributed by atoms with Crippen LogP contribution in [0.2, 0.25) is 0 Å². The first kappa shape index (κ1) is 16.1. The number of hydrogen-bond donors (Lipinski definition) is 0. The molecule has 4 heteroatoms. The highest BCUT2D eigenvalue weighted by Crippen LogP contribution is 2.27. The SMILES string of the molecule is CCC1CN(c2ccc(C3=CCN(C(C)C)CC3)cc2)C(=O)O1. The van der Waals surface area contributed by atoms with Crippen LogP contribution in [0.4, 0.5) is 10.5 Å². The highest BCUT2D eigenvalue weighted by molar-refractivity contribution is 5.90. The van der Waals surface area contributed by atoms with E-state index in [1.165, 1.54) is 11.1 Å². The van der Waals surface area contributed by atoms with Gasteiger partial charge in [-0.1, -0.05) is 25.1 Å². The zero-order valence-corrected chi connectivity index (χ0v) is 14.3. The highest BCUT2D eigenvalue weighted by atomic mass is 16.6. The van der Waals surface area contributed by atoms with Crippen molar-refractivity contribution in [2.24, 2.45) is 0 Å². The van der Waals surface area contributed by atoms with Crippen LogP contribution in [-0.2, 0) is 4.74 Å². The summed E-state index contributed by atoms with van der Waals surface area (Å²) < 4.78 is 5.33. The van der Waals surface area contributed by atoms with E-state index in [1.807, 2.05) is 19.1 Å². The fraction of sp³-hybridized carbons (Fsp3) is 0.526. The molecule has 1 saturated heterocycles. The maximum atomic E-state index is 11.9. The van der Waals surface area contributed by atoms with E-state index < -0.39 is 0 Å². The minimum Gasteiger partial charge on any atom is -0.444 e. The first-order valence-electron chi connectivity index (χ1n) is 8.60. The molecule has 4 nitrogen and oxygen atoms in total. The van der Waals surface area contributed by atoms with Crippen molar-refractivity contribution in [1.82, 2.24) is 4.90 Å². The van der Waals surface area contributed by atoms with Crippen molar-refractivity contribution in [3.63, 3.8) is 0 Å². The van der Waals surface area contributed by atoms with Gasteiger partial charge in [-0.2, -0.15) is 0 Å². The fourth-order valence-corrected chi connectivity index (χ4v) is 3.22. The molecule has 1 aromatic rings. The lowest BCUT2D eigenvalue weighted by Gasteiger charge is -2.29. The van der Waals surface area contributed by atoms with E-state index in [1.54, 1.807) is 4.90 Å². The predicted octanol–water partition coefficient (Wildman–Crippen LogP) is 3.92. The molecule has 0 radical (unpaired) electrons. The summed E-state index contributed by atoms with van der Waals surface area (Å²) in [6.45, 7) is 9.31. The molecule has 23 heavy (non-hydrogen) atoms. The maximum Gasteiger partial charge on any atom is 0.414 e. The van der Waals surface area contributed by atoms with E-state index in [9.17, 15) is 4.79 Å². The van der Waals surface area contributed by atoms with Crippen LogP contribution in [0.3, 0.4) is 0 Å². The van der Waals surface area contributed by atoms with Crippen LogP contribution in [0.1, 0.15) is 39.2 Å². The highest BCUT2D eigenvalue weighted by Gasteiger charge is 2.31. The molecule has 2 aliphatic heterocycles. The molecule has 0 spiro atoms. The van der Waals surface area contributed by atoms with E-state index in [0.717, 1.165) is 31.6 Å². The van der Waals surface area contributed by atoms with Gasteiger partial charge >= 0.3 is 6.09 Å². The lowest BCUT2D eigenvalue weighted by molar-refractivity contribution is 0.139. The third kappa shape index (κ3) is 3.42. The van der Waals surface area contributed by atoms with E-state index in [4.69, 9.17) is 4.74 Å². The molecule has 3 rings (SSSR count). The molecule has 0 saturated carbocycles. The molecule has 1 fully saturated rings. The van der Waals surface area contributed by atoms with Gasteiger partial charge in [-0.05, 0) is 50.0 Å². The number of anilines is 1. The lowest BCUT2D eigenvalue weighted by Crippen LogP contribution is -2.34. The van der Waals surface area contributed by atoms with Gasteiger partial charge in [0, 0.05) is 24.8 Å². The fourth-order valence-electron chi connectivity index (χ4n) is 3.22. The Morgan fingerprint density at radius 2 is 2.00 bits per heavy atom. The van der Waals surface area contributed by atoms with Crippen molar-refractivity contribution >= 4 is 17.4 Å². The van der Waals surface area contributed by atoms with Gasteiger partial charge in [-0.25, -0.2) is 4.79 Å². The number of rotatable bonds is 4. The lowest BCUT2D eigenvalue weighted by atomic mass is 9.98. The third-order valence-electron chi connectivity index (χ3n) is 4.85. The van der Waals surface area contributed by atoms with Gasteiger partial charge in [-0.15, -0.1) is 0 Å². The van der Waals surface area contributed by atoms with Crippen molar-refractivity contribution < 1.29 is 9.53 Å². The summed E-state index contributed by atoms with van der Waals surface area (Å²) in [4.78, 5) is 16.1. The molecule has 1 unspecified atom stereocenters. The second-order valence-corrected chi connectivity index (χ2v) is 6.64. The van der Waals surface area contributed by atoms with Gasteiger partial charge in [0.05, 0.1) is 6.54 Å². The van der Waals surface area contributed by atoms with E-state index in [-0.39, 0.29) is 12.2 Å². The molecule has 2 aliphatic rings. The smallest absolute Gasteiger partial charge is 0.414 e. The number of nitrogens with zero attached hydrogens (tertiary/aromatic N) is 2. The summed E-state index contributed by atoms with van der Waals surface area (Å²) in [5.74, 6) is 0. The summed E-state index contributed by atoms with van der Waals surface area (Å²) in [7, 11) is 0. The topological polar surface area (TPSA) is 32.8 Å². The molecule has 1 amide bonds. The maximum absolute atomic E-state index is 11.9. The number of carbonyl (C=O) groups excluding carboxylic acids is 1. The minimum absolute atomic E-state index is 0.0187. The van der Waals surface area contributed by atoms with E-state index in [0.29, 0.717) is 12.6 Å². The van der Waals surface area contributed by atoms with Crippen LogP contribution in [0.5, 0.6) is 0 Å². The molecule has 1 aromatic carbocycles. The summed E-state index contributed by atoms with van der Waals surface area (Å²) in [5, 5.41) is 0. The quantitative estimate of drug-likeness (QED) is 0.844. The van der Waals surface area contributed by atoms with Crippen molar-refractivity contribution in [2.75, 3.05) is 24.5 Å². The molecule has 2 heterocycles. The number of carbonyl (C=O) groups is 1. The summed E-state index contributed by atoms with van der Waals surface area (Å²) in [6, 6.07) is 8.91. The number of benzene rings is 1. The van der Waals surface area contributed by atoms with Crippen LogP contribution in [0.15, 0.2) is 30.3 Å². The molecule has 0 bridgehead atoms. The summed E-state index contributed by atoms with van der Waals surface area (Å²) in [5.41, 5.74) is 3.59. The number of ether oxygens (including phenoxy) is 1. The average Bonchev–Trinajstić information content (AvgIpc) is 2.96. The van der Waals surface area contributed by atoms with Crippen molar-refractivity contribution in [1.29, 1.82) is 0 Å². The van der Waals surface area contributed by atoms with Crippen molar-refractivity contribution in [3.8, 4) is 0 Å². The Bertz CT molecular complexity index is 592. The molecule has 0 N–H and O–H groups in total. The van der Waals surface area contributed by atoms with Gasteiger partial charge in [-0.3, -0.25) is 9.80 Å². The number of cyclic esters (lactones) is 1. The summed E-state index contributed by atoms with van der Waals surface area (Å²) >= 11 is 0. The Hall–Kier alpha value is -1.81. The molecule has 1 atom stereocenters. The zero-order valence-electron chi connectivity index (χ0n) is 14.3. The Labute approximate surface area is 138 Å². The van der Waals surface area contributed by atoms with Gasteiger partial charge in [0.2, 0.25) is 0 Å². The minimum atomic E-state index is -0.228. The summed E-state index contributed by atoms with van der Waals surface area (Å²) in [6.07, 6.45) is 4.07.